The standard InChI is InChI=1S/C21H22N2O4/c1-15(24)22-18-13-11-17(12-14-18)20(25)23-19(21(26)27-2)10-6-9-16-7-4-3-5-8-16/h3-9,11-14,19H,10H2,1-2H3,(H,22,24)(H,23,25)/b9-6+/t19-/m1/s1. The molecule has 2 amide bonds. The molecule has 0 aliphatic carbocycles. The van der Waals surface area contributed by atoms with E-state index in [1.165, 1.54) is 14.0 Å². The minimum atomic E-state index is -0.794. The number of ether oxygens (including phenoxy) is 1. The van der Waals surface area contributed by atoms with Gasteiger partial charge in [-0.25, -0.2) is 4.79 Å². The summed E-state index contributed by atoms with van der Waals surface area (Å²) >= 11 is 0. The first-order valence-electron chi connectivity index (χ1n) is 8.47. The highest BCUT2D eigenvalue weighted by Crippen LogP contribution is 2.11. The van der Waals surface area contributed by atoms with Crippen LogP contribution in [0.15, 0.2) is 60.7 Å². The van der Waals surface area contributed by atoms with Gasteiger partial charge in [0.25, 0.3) is 5.91 Å². The van der Waals surface area contributed by atoms with E-state index in [-0.39, 0.29) is 5.91 Å². The molecule has 6 nitrogen and oxygen atoms in total. The number of methoxy groups -OCH3 is 1. The number of hydrogen-bond acceptors (Lipinski definition) is 4. The summed E-state index contributed by atoms with van der Waals surface area (Å²) < 4.78 is 4.78. The van der Waals surface area contributed by atoms with Crippen molar-refractivity contribution in [2.45, 2.75) is 19.4 Å². The predicted octanol–water partition coefficient (Wildman–Crippen LogP) is 3.02. The van der Waals surface area contributed by atoms with E-state index in [9.17, 15) is 14.4 Å². The summed E-state index contributed by atoms with van der Waals surface area (Å²) in [4.78, 5) is 35.4. The smallest absolute Gasteiger partial charge is 0.328 e. The quantitative estimate of drug-likeness (QED) is 0.738. The van der Waals surface area contributed by atoms with Gasteiger partial charge >= 0.3 is 5.97 Å². The molecule has 0 fully saturated rings. The number of anilines is 1. The SMILES string of the molecule is COC(=O)[C@@H](C/C=C/c1ccccc1)NC(=O)c1ccc(NC(C)=O)cc1. The van der Waals surface area contributed by atoms with Crippen molar-refractivity contribution in [3.05, 3.63) is 71.8 Å². The molecular weight excluding hydrogens is 344 g/mol. The minimum absolute atomic E-state index is 0.192. The molecule has 0 radical (unpaired) electrons. The van der Waals surface area contributed by atoms with Gasteiger partial charge in [0.05, 0.1) is 7.11 Å². The molecular formula is C21H22N2O4. The van der Waals surface area contributed by atoms with Crippen LogP contribution in [0.1, 0.15) is 29.3 Å². The summed E-state index contributed by atoms with van der Waals surface area (Å²) in [6.45, 7) is 1.41. The van der Waals surface area contributed by atoms with Crippen molar-refractivity contribution in [1.82, 2.24) is 5.32 Å². The Balaban J connectivity index is 2.02. The van der Waals surface area contributed by atoms with E-state index in [2.05, 4.69) is 10.6 Å². The van der Waals surface area contributed by atoms with Gasteiger partial charge in [0.1, 0.15) is 6.04 Å². The van der Waals surface area contributed by atoms with Gasteiger partial charge in [-0.05, 0) is 36.2 Å². The second kappa shape index (κ2) is 9.91. The molecule has 27 heavy (non-hydrogen) atoms. The fourth-order valence-electron chi connectivity index (χ4n) is 2.41. The molecule has 0 aliphatic heterocycles. The highest BCUT2D eigenvalue weighted by Gasteiger charge is 2.20. The predicted molar refractivity (Wildman–Crippen MR) is 104 cm³/mol. The number of nitrogens with one attached hydrogen (secondary N) is 2. The van der Waals surface area contributed by atoms with Crippen LogP contribution in [-0.4, -0.2) is 30.9 Å². The van der Waals surface area contributed by atoms with Crippen molar-refractivity contribution in [1.29, 1.82) is 0 Å². The molecule has 2 rings (SSSR count). The molecule has 0 bridgehead atoms. The Morgan fingerprint density at radius 1 is 1.04 bits per heavy atom. The minimum Gasteiger partial charge on any atom is -0.467 e. The van der Waals surface area contributed by atoms with Gasteiger partial charge in [-0.15, -0.1) is 0 Å². The Morgan fingerprint density at radius 3 is 2.30 bits per heavy atom. The molecule has 0 saturated heterocycles. The first kappa shape index (κ1) is 19.9. The molecule has 2 aromatic rings. The van der Waals surface area contributed by atoms with Crippen LogP contribution in [0.25, 0.3) is 6.08 Å². The molecule has 0 aliphatic rings. The van der Waals surface area contributed by atoms with Gasteiger partial charge in [0, 0.05) is 18.2 Å². The first-order chi connectivity index (χ1) is 13.0. The van der Waals surface area contributed by atoms with Crippen LogP contribution < -0.4 is 10.6 Å². The van der Waals surface area contributed by atoms with Gasteiger partial charge in [0.15, 0.2) is 0 Å². The van der Waals surface area contributed by atoms with Crippen LogP contribution in [0.4, 0.5) is 5.69 Å². The Hall–Kier alpha value is -3.41. The molecule has 2 N–H and O–H groups in total. The van der Waals surface area contributed by atoms with Gasteiger partial charge in [-0.1, -0.05) is 42.5 Å². The Morgan fingerprint density at radius 2 is 1.70 bits per heavy atom. The lowest BCUT2D eigenvalue weighted by molar-refractivity contribution is -0.142. The fourth-order valence-corrected chi connectivity index (χ4v) is 2.41. The fraction of sp³-hybridized carbons (Fsp3) is 0.190. The summed E-state index contributed by atoms with van der Waals surface area (Å²) in [6, 6.07) is 15.3. The number of carbonyl (C=O) groups is 3. The van der Waals surface area contributed by atoms with Gasteiger partial charge < -0.3 is 15.4 Å². The van der Waals surface area contributed by atoms with E-state index in [0.29, 0.717) is 17.7 Å². The van der Waals surface area contributed by atoms with Crippen molar-refractivity contribution in [2.75, 3.05) is 12.4 Å². The number of amides is 2. The van der Waals surface area contributed by atoms with Crippen molar-refractivity contribution in [3.63, 3.8) is 0 Å². The molecule has 1 atom stereocenters. The van der Waals surface area contributed by atoms with E-state index in [1.54, 1.807) is 24.3 Å². The summed E-state index contributed by atoms with van der Waals surface area (Å²) in [6.07, 6.45) is 4.00. The summed E-state index contributed by atoms with van der Waals surface area (Å²) in [5.74, 6) is -1.10. The first-order valence-corrected chi connectivity index (χ1v) is 8.47. The molecule has 0 unspecified atom stereocenters. The third-order valence-electron chi connectivity index (χ3n) is 3.74. The van der Waals surface area contributed by atoms with Crippen LogP contribution in [0.5, 0.6) is 0 Å². The molecule has 0 heterocycles. The monoisotopic (exact) mass is 366 g/mol. The van der Waals surface area contributed by atoms with Crippen molar-refractivity contribution in [3.8, 4) is 0 Å². The lowest BCUT2D eigenvalue weighted by atomic mass is 10.1. The van der Waals surface area contributed by atoms with E-state index >= 15 is 0 Å². The van der Waals surface area contributed by atoms with E-state index in [0.717, 1.165) is 5.56 Å². The molecule has 0 saturated carbocycles. The Kier molecular flexibility index (Phi) is 7.31. The topological polar surface area (TPSA) is 84.5 Å². The molecule has 2 aromatic carbocycles. The summed E-state index contributed by atoms with van der Waals surface area (Å²) in [5, 5.41) is 5.31. The van der Waals surface area contributed by atoms with Gasteiger partial charge in [0.2, 0.25) is 5.91 Å². The van der Waals surface area contributed by atoms with E-state index in [1.807, 2.05) is 42.5 Å². The Labute approximate surface area is 158 Å². The zero-order chi connectivity index (χ0) is 19.6. The largest absolute Gasteiger partial charge is 0.467 e. The van der Waals surface area contributed by atoms with Crippen LogP contribution in [0.2, 0.25) is 0 Å². The third kappa shape index (κ3) is 6.43. The maximum atomic E-state index is 12.4. The molecule has 140 valence electrons. The second-order valence-electron chi connectivity index (χ2n) is 5.86. The number of esters is 1. The molecule has 0 aromatic heterocycles. The van der Waals surface area contributed by atoms with Crippen molar-refractivity contribution < 1.29 is 19.1 Å². The number of hydrogen-bond donors (Lipinski definition) is 2. The van der Waals surface area contributed by atoms with Gasteiger partial charge in [-0.3, -0.25) is 9.59 Å². The lowest BCUT2D eigenvalue weighted by Gasteiger charge is -2.15. The van der Waals surface area contributed by atoms with Crippen LogP contribution in [0.3, 0.4) is 0 Å². The highest BCUT2D eigenvalue weighted by atomic mass is 16.5. The van der Waals surface area contributed by atoms with Crippen LogP contribution in [-0.2, 0) is 14.3 Å². The lowest BCUT2D eigenvalue weighted by Crippen LogP contribution is -2.41. The third-order valence-corrected chi connectivity index (χ3v) is 3.74. The van der Waals surface area contributed by atoms with Crippen LogP contribution in [0, 0.1) is 0 Å². The van der Waals surface area contributed by atoms with E-state index in [4.69, 9.17) is 4.74 Å². The average Bonchev–Trinajstić information content (AvgIpc) is 2.67. The summed E-state index contributed by atoms with van der Waals surface area (Å²) in [5.41, 5.74) is 1.97. The summed E-state index contributed by atoms with van der Waals surface area (Å²) in [7, 11) is 1.28. The van der Waals surface area contributed by atoms with Gasteiger partial charge in [-0.2, -0.15) is 0 Å². The number of carbonyl (C=O) groups excluding carboxylic acids is 3. The van der Waals surface area contributed by atoms with Crippen LogP contribution >= 0.6 is 0 Å². The normalized spacial score (nSPS) is 11.6. The second-order valence-corrected chi connectivity index (χ2v) is 5.86. The molecule has 6 heteroatoms. The maximum Gasteiger partial charge on any atom is 0.328 e. The molecule has 0 spiro atoms. The van der Waals surface area contributed by atoms with Crippen molar-refractivity contribution in [2.24, 2.45) is 0 Å². The number of benzene rings is 2. The Bertz CT molecular complexity index is 814. The maximum absolute atomic E-state index is 12.4. The van der Waals surface area contributed by atoms with Crippen molar-refractivity contribution >= 4 is 29.5 Å². The zero-order valence-electron chi connectivity index (χ0n) is 15.3. The highest BCUT2D eigenvalue weighted by molar-refractivity contribution is 5.97. The zero-order valence-corrected chi connectivity index (χ0v) is 15.3. The van der Waals surface area contributed by atoms with E-state index < -0.39 is 17.9 Å². The number of rotatable bonds is 7. The average molecular weight is 366 g/mol.